The van der Waals surface area contributed by atoms with Crippen LogP contribution >= 0.6 is 12.4 Å². The van der Waals surface area contributed by atoms with Crippen LogP contribution in [-0.4, -0.2) is 12.5 Å². The number of carbonyl (C=O) groups is 1. The molecule has 0 saturated heterocycles. The molecule has 17 heavy (non-hydrogen) atoms. The highest BCUT2D eigenvalue weighted by Crippen LogP contribution is 2.32. The molecule has 1 aromatic carbocycles. The van der Waals surface area contributed by atoms with Gasteiger partial charge in [-0.15, -0.1) is 12.4 Å². The summed E-state index contributed by atoms with van der Waals surface area (Å²) in [6.07, 6.45) is 3.08. The van der Waals surface area contributed by atoms with Crippen molar-refractivity contribution in [3.63, 3.8) is 0 Å². The van der Waals surface area contributed by atoms with E-state index in [0.717, 1.165) is 5.56 Å². The maximum Gasteiger partial charge on any atom is 0.220 e. The summed E-state index contributed by atoms with van der Waals surface area (Å²) >= 11 is 0. The third-order valence-electron chi connectivity index (χ3n) is 2.92. The van der Waals surface area contributed by atoms with Gasteiger partial charge in [0.15, 0.2) is 0 Å². The SMILES string of the molecule is Cl.NC(CNC(=O)CC1CC1)c1ccccc1. The van der Waals surface area contributed by atoms with Crippen molar-refractivity contribution in [2.24, 2.45) is 11.7 Å². The van der Waals surface area contributed by atoms with Gasteiger partial charge in [0.1, 0.15) is 0 Å². The molecule has 2 rings (SSSR count). The molecule has 0 aromatic heterocycles. The molecule has 1 aliphatic carbocycles. The van der Waals surface area contributed by atoms with Crippen molar-refractivity contribution in [2.45, 2.75) is 25.3 Å². The number of nitrogens with two attached hydrogens (primary N) is 1. The zero-order chi connectivity index (χ0) is 11.4. The second-order valence-corrected chi connectivity index (χ2v) is 4.47. The summed E-state index contributed by atoms with van der Waals surface area (Å²) in [4.78, 5) is 11.5. The highest BCUT2D eigenvalue weighted by Gasteiger charge is 2.24. The third-order valence-corrected chi connectivity index (χ3v) is 2.92. The van der Waals surface area contributed by atoms with Crippen LogP contribution in [0.5, 0.6) is 0 Å². The summed E-state index contributed by atoms with van der Waals surface area (Å²) in [5.74, 6) is 0.766. The first kappa shape index (κ1) is 14.0. The minimum absolute atomic E-state index is 0. The van der Waals surface area contributed by atoms with Crippen LogP contribution in [0.2, 0.25) is 0 Å². The van der Waals surface area contributed by atoms with Crippen LogP contribution in [0.15, 0.2) is 30.3 Å². The Bertz CT molecular complexity index is 352. The number of nitrogens with one attached hydrogen (secondary N) is 1. The van der Waals surface area contributed by atoms with Crippen molar-refractivity contribution in [3.8, 4) is 0 Å². The lowest BCUT2D eigenvalue weighted by atomic mass is 10.1. The lowest BCUT2D eigenvalue weighted by Gasteiger charge is -2.12. The van der Waals surface area contributed by atoms with Gasteiger partial charge in [0.2, 0.25) is 5.91 Å². The fourth-order valence-electron chi connectivity index (χ4n) is 1.70. The number of hydrogen-bond acceptors (Lipinski definition) is 2. The van der Waals surface area contributed by atoms with Gasteiger partial charge >= 0.3 is 0 Å². The second-order valence-electron chi connectivity index (χ2n) is 4.47. The molecule has 0 heterocycles. The standard InChI is InChI=1S/C13H18N2O.ClH/c14-12(11-4-2-1-3-5-11)9-15-13(16)8-10-6-7-10;/h1-5,10,12H,6-9,14H2,(H,15,16);1H. The highest BCUT2D eigenvalue weighted by atomic mass is 35.5. The Kier molecular flexibility index (Phi) is 5.45. The monoisotopic (exact) mass is 254 g/mol. The highest BCUT2D eigenvalue weighted by molar-refractivity contribution is 5.85. The van der Waals surface area contributed by atoms with Crippen LogP contribution in [0.4, 0.5) is 0 Å². The molecule has 1 amide bonds. The molecule has 3 nitrogen and oxygen atoms in total. The average molecular weight is 255 g/mol. The maximum absolute atomic E-state index is 11.5. The first-order valence-electron chi connectivity index (χ1n) is 5.83. The van der Waals surface area contributed by atoms with E-state index in [4.69, 9.17) is 5.73 Å². The molecule has 0 spiro atoms. The molecule has 0 radical (unpaired) electrons. The van der Waals surface area contributed by atoms with Crippen LogP contribution < -0.4 is 11.1 Å². The van der Waals surface area contributed by atoms with Gasteiger partial charge in [-0.05, 0) is 24.3 Å². The third kappa shape index (κ3) is 4.75. The first-order valence-corrected chi connectivity index (χ1v) is 5.83. The number of carbonyl (C=O) groups excluding carboxylic acids is 1. The normalized spacial score (nSPS) is 15.8. The fraction of sp³-hybridized carbons (Fsp3) is 0.462. The molecule has 1 saturated carbocycles. The summed E-state index contributed by atoms with van der Waals surface area (Å²) in [6.45, 7) is 0.523. The number of benzene rings is 1. The largest absolute Gasteiger partial charge is 0.354 e. The minimum atomic E-state index is -0.107. The maximum atomic E-state index is 11.5. The number of halogens is 1. The van der Waals surface area contributed by atoms with Crippen LogP contribution in [0.3, 0.4) is 0 Å². The van der Waals surface area contributed by atoms with Crippen LogP contribution in [0.25, 0.3) is 0 Å². The second kappa shape index (κ2) is 6.62. The number of amides is 1. The van der Waals surface area contributed by atoms with E-state index < -0.39 is 0 Å². The van der Waals surface area contributed by atoms with E-state index in [1.807, 2.05) is 30.3 Å². The van der Waals surface area contributed by atoms with Gasteiger partial charge in [-0.2, -0.15) is 0 Å². The Balaban J connectivity index is 0.00000144. The van der Waals surface area contributed by atoms with Crippen LogP contribution in [0.1, 0.15) is 30.9 Å². The van der Waals surface area contributed by atoms with Crippen LogP contribution in [-0.2, 0) is 4.79 Å². The van der Waals surface area contributed by atoms with Crippen molar-refractivity contribution >= 4 is 18.3 Å². The zero-order valence-electron chi connectivity index (χ0n) is 9.76. The van der Waals surface area contributed by atoms with Crippen molar-refractivity contribution in [2.75, 3.05) is 6.54 Å². The van der Waals surface area contributed by atoms with Gasteiger partial charge < -0.3 is 11.1 Å². The number of hydrogen-bond donors (Lipinski definition) is 2. The lowest BCUT2D eigenvalue weighted by molar-refractivity contribution is -0.121. The van der Waals surface area contributed by atoms with Crippen molar-refractivity contribution < 1.29 is 4.79 Å². The molecular weight excluding hydrogens is 236 g/mol. The van der Waals surface area contributed by atoms with E-state index in [1.54, 1.807) is 0 Å². The zero-order valence-corrected chi connectivity index (χ0v) is 10.6. The van der Waals surface area contributed by atoms with E-state index in [2.05, 4.69) is 5.32 Å². The molecule has 1 aromatic rings. The Morgan fingerprint density at radius 3 is 2.59 bits per heavy atom. The summed E-state index contributed by atoms with van der Waals surface area (Å²) in [5, 5.41) is 2.89. The van der Waals surface area contributed by atoms with Gasteiger partial charge in [-0.25, -0.2) is 0 Å². The molecule has 94 valence electrons. The Hall–Kier alpha value is -1.06. The molecule has 1 aliphatic rings. The molecule has 1 atom stereocenters. The minimum Gasteiger partial charge on any atom is -0.354 e. The molecule has 1 fully saturated rings. The summed E-state index contributed by atoms with van der Waals surface area (Å²) in [5.41, 5.74) is 7.04. The predicted octanol–water partition coefficient (Wildman–Crippen LogP) is 2.02. The summed E-state index contributed by atoms with van der Waals surface area (Å²) < 4.78 is 0. The van der Waals surface area contributed by atoms with E-state index in [0.29, 0.717) is 18.9 Å². The Morgan fingerprint density at radius 2 is 2.00 bits per heavy atom. The van der Waals surface area contributed by atoms with E-state index in [9.17, 15) is 4.79 Å². The van der Waals surface area contributed by atoms with E-state index >= 15 is 0 Å². The quantitative estimate of drug-likeness (QED) is 0.845. The van der Waals surface area contributed by atoms with Gasteiger partial charge in [0.05, 0.1) is 0 Å². The Labute approximate surface area is 108 Å². The van der Waals surface area contributed by atoms with Crippen molar-refractivity contribution in [1.82, 2.24) is 5.32 Å². The predicted molar refractivity (Wildman–Crippen MR) is 71.0 cm³/mol. The van der Waals surface area contributed by atoms with Gasteiger partial charge in [0.25, 0.3) is 0 Å². The van der Waals surface area contributed by atoms with E-state index in [1.165, 1.54) is 12.8 Å². The molecule has 0 bridgehead atoms. The first-order chi connectivity index (χ1) is 7.75. The fourth-order valence-corrected chi connectivity index (χ4v) is 1.70. The Morgan fingerprint density at radius 1 is 1.35 bits per heavy atom. The van der Waals surface area contributed by atoms with Crippen molar-refractivity contribution in [1.29, 1.82) is 0 Å². The molecular formula is C13H19ClN2O. The van der Waals surface area contributed by atoms with Gasteiger partial charge in [-0.1, -0.05) is 30.3 Å². The van der Waals surface area contributed by atoms with E-state index in [-0.39, 0.29) is 24.4 Å². The number of rotatable bonds is 5. The molecule has 3 N–H and O–H groups in total. The average Bonchev–Trinajstić information content (AvgIpc) is 3.11. The lowest BCUT2D eigenvalue weighted by Crippen LogP contribution is -2.31. The van der Waals surface area contributed by atoms with Crippen LogP contribution in [0, 0.1) is 5.92 Å². The molecule has 1 unspecified atom stereocenters. The molecule has 0 aliphatic heterocycles. The van der Waals surface area contributed by atoms with Crippen molar-refractivity contribution in [3.05, 3.63) is 35.9 Å². The van der Waals surface area contributed by atoms with Gasteiger partial charge in [-0.3, -0.25) is 4.79 Å². The topological polar surface area (TPSA) is 55.1 Å². The summed E-state index contributed by atoms with van der Waals surface area (Å²) in [7, 11) is 0. The molecule has 4 heteroatoms. The summed E-state index contributed by atoms with van der Waals surface area (Å²) in [6, 6.07) is 9.74. The van der Waals surface area contributed by atoms with Gasteiger partial charge in [0, 0.05) is 19.0 Å². The smallest absolute Gasteiger partial charge is 0.220 e.